The van der Waals surface area contributed by atoms with Crippen molar-refractivity contribution in [1.82, 2.24) is 9.66 Å². The molecule has 0 spiro atoms. The lowest BCUT2D eigenvalue weighted by Crippen LogP contribution is -2.29. The van der Waals surface area contributed by atoms with E-state index in [2.05, 4.69) is 21.0 Å². The molecule has 0 saturated heterocycles. The summed E-state index contributed by atoms with van der Waals surface area (Å²) in [6.45, 7) is 6.07. The van der Waals surface area contributed by atoms with Gasteiger partial charge in [-0.3, -0.25) is 4.79 Å². The Balaban J connectivity index is 1.68. The molecular weight excluding hydrogens is 608 g/mol. The highest BCUT2D eigenvalue weighted by Crippen LogP contribution is 2.35. The highest BCUT2D eigenvalue weighted by molar-refractivity contribution is 9.10. The van der Waals surface area contributed by atoms with Crippen molar-refractivity contribution in [3.63, 3.8) is 0 Å². The molecular formula is C26H20BrCl4N3O2. The summed E-state index contributed by atoms with van der Waals surface area (Å²) in [6, 6.07) is 13.8. The zero-order chi connectivity index (χ0) is 26.2. The average molecular weight is 628 g/mol. The van der Waals surface area contributed by atoms with Crippen molar-refractivity contribution in [2.75, 3.05) is 0 Å². The molecule has 0 bridgehead atoms. The van der Waals surface area contributed by atoms with Crippen LogP contribution in [0.4, 0.5) is 0 Å². The first kappa shape index (κ1) is 27.0. The van der Waals surface area contributed by atoms with Crippen LogP contribution in [0.5, 0.6) is 5.75 Å². The van der Waals surface area contributed by atoms with Crippen molar-refractivity contribution in [2.45, 2.75) is 32.8 Å². The van der Waals surface area contributed by atoms with Gasteiger partial charge in [0, 0.05) is 25.5 Å². The molecule has 36 heavy (non-hydrogen) atoms. The van der Waals surface area contributed by atoms with E-state index in [9.17, 15) is 4.79 Å². The van der Waals surface area contributed by atoms with Gasteiger partial charge in [0.25, 0.3) is 5.56 Å². The van der Waals surface area contributed by atoms with Crippen LogP contribution in [0.15, 0.2) is 62.9 Å². The molecule has 1 heterocycles. The van der Waals surface area contributed by atoms with Gasteiger partial charge in [-0.2, -0.15) is 9.78 Å². The number of nitrogens with zero attached hydrogens (tertiary/aromatic N) is 3. The Morgan fingerprint density at radius 2 is 1.69 bits per heavy atom. The van der Waals surface area contributed by atoms with Gasteiger partial charge in [0.2, 0.25) is 0 Å². The Kier molecular flexibility index (Phi) is 8.03. The number of ether oxygens (including phenoxy) is 1. The number of benzene rings is 3. The van der Waals surface area contributed by atoms with Gasteiger partial charge in [-0.1, -0.05) is 89.2 Å². The van der Waals surface area contributed by atoms with Crippen molar-refractivity contribution < 1.29 is 4.74 Å². The van der Waals surface area contributed by atoms with Gasteiger partial charge < -0.3 is 4.74 Å². The maximum atomic E-state index is 13.3. The van der Waals surface area contributed by atoms with E-state index >= 15 is 0 Å². The largest absolute Gasteiger partial charge is 0.486 e. The molecule has 3 aromatic carbocycles. The van der Waals surface area contributed by atoms with E-state index in [1.165, 1.54) is 10.9 Å². The smallest absolute Gasteiger partial charge is 0.282 e. The van der Waals surface area contributed by atoms with Crippen LogP contribution < -0.4 is 10.3 Å². The molecule has 1 aromatic heterocycles. The predicted molar refractivity (Wildman–Crippen MR) is 153 cm³/mol. The molecule has 5 nitrogen and oxygen atoms in total. The van der Waals surface area contributed by atoms with Crippen molar-refractivity contribution in [3.05, 3.63) is 100 Å². The molecule has 0 aliphatic rings. The Bertz CT molecular complexity index is 1540. The van der Waals surface area contributed by atoms with E-state index in [1.54, 1.807) is 42.5 Å². The van der Waals surface area contributed by atoms with Crippen molar-refractivity contribution in [3.8, 4) is 5.75 Å². The topological polar surface area (TPSA) is 56.5 Å². The van der Waals surface area contributed by atoms with Crippen LogP contribution in [0.1, 0.15) is 37.7 Å². The summed E-state index contributed by atoms with van der Waals surface area (Å²) in [4.78, 5) is 18.0. The third-order valence-corrected chi connectivity index (χ3v) is 6.85. The number of fused-ring (bicyclic) bond motifs is 1. The maximum absolute atomic E-state index is 13.3. The normalized spacial score (nSPS) is 12.0. The van der Waals surface area contributed by atoms with Crippen LogP contribution in [-0.2, 0) is 12.0 Å². The van der Waals surface area contributed by atoms with Crippen molar-refractivity contribution in [2.24, 2.45) is 5.10 Å². The molecule has 0 aliphatic carbocycles. The lowest BCUT2D eigenvalue weighted by atomic mass is 9.95. The van der Waals surface area contributed by atoms with Gasteiger partial charge in [-0.05, 0) is 48.0 Å². The summed E-state index contributed by atoms with van der Waals surface area (Å²) in [5.74, 6) is 0.835. The highest BCUT2D eigenvalue weighted by Gasteiger charge is 2.23. The van der Waals surface area contributed by atoms with Gasteiger partial charge in [0.1, 0.15) is 12.4 Å². The molecule has 0 amide bonds. The van der Waals surface area contributed by atoms with Crippen LogP contribution in [0, 0.1) is 0 Å². The second-order valence-electron chi connectivity index (χ2n) is 9.05. The minimum atomic E-state index is -0.437. The summed E-state index contributed by atoms with van der Waals surface area (Å²) >= 11 is 28.5. The zero-order valence-corrected chi connectivity index (χ0v) is 24.1. The first-order valence-electron chi connectivity index (χ1n) is 10.8. The molecule has 0 N–H and O–H groups in total. The quantitative estimate of drug-likeness (QED) is 0.208. The number of halogens is 5. The third-order valence-electron chi connectivity index (χ3n) is 5.21. The van der Waals surface area contributed by atoms with Crippen molar-refractivity contribution in [1.29, 1.82) is 0 Å². The fraction of sp³-hybridized carbons (Fsp3) is 0.192. The SMILES string of the molecule is CC(C)(C)c1nc2ccc(Br)cc2c(=O)n1N=Cc1cc(Cl)c(OCc2ccc(Cl)cc2Cl)c(Cl)c1. The molecule has 4 aromatic rings. The second kappa shape index (κ2) is 10.7. The Hall–Kier alpha value is -2.09. The molecule has 0 unspecified atom stereocenters. The lowest BCUT2D eigenvalue weighted by Gasteiger charge is -2.20. The molecule has 0 aliphatic heterocycles. The van der Waals surface area contributed by atoms with Crippen LogP contribution >= 0.6 is 62.3 Å². The van der Waals surface area contributed by atoms with E-state index in [-0.39, 0.29) is 22.2 Å². The van der Waals surface area contributed by atoms with Gasteiger partial charge >= 0.3 is 0 Å². The second-order valence-corrected chi connectivity index (χ2v) is 11.6. The summed E-state index contributed by atoms with van der Waals surface area (Å²) < 4.78 is 7.92. The van der Waals surface area contributed by atoms with Crippen LogP contribution in [-0.4, -0.2) is 15.9 Å². The van der Waals surface area contributed by atoms with E-state index < -0.39 is 5.41 Å². The molecule has 10 heteroatoms. The summed E-state index contributed by atoms with van der Waals surface area (Å²) in [5, 5.41) is 6.51. The van der Waals surface area contributed by atoms with Gasteiger partial charge in [-0.15, -0.1) is 0 Å². The lowest BCUT2D eigenvalue weighted by molar-refractivity contribution is 0.306. The zero-order valence-electron chi connectivity index (χ0n) is 19.5. The van der Waals surface area contributed by atoms with E-state index in [4.69, 9.17) is 56.1 Å². The molecule has 186 valence electrons. The minimum Gasteiger partial charge on any atom is -0.486 e. The maximum Gasteiger partial charge on any atom is 0.282 e. The monoisotopic (exact) mass is 625 g/mol. The predicted octanol–water partition coefficient (Wildman–Crippen LogP) is 8.53. The average Bonchev–Trinajstić information content (AvgIpc) is 2.78. The highest BCUT2D eigenvalue weighted by atomic mass is 79.9. The first-order chi connectivity index (χ1) is 16.9. The molecule has 0 saturated carbocycles. The standard InChI is InChI=1S/C26H20BrCl4N3O2/c1-26(2,3)25-33-22-7-5-16(27)10-18(22)24(35)34(25)32-12-14-8-20(30)23(21(31)9-14)36-13-15-4-6-17(28)11-19(15)29/h4-12H,13H2,1-3H3. The summed E-state index contributed by atoms with van der Waals surface area (Å²) in [7, 11) is 0. The van der Waals surface area contributed by atoms with E-state index in [0.29, 0.717) is 38.1 Å². The fourth-order valence-electron chi connectivity index (χ4n) is 3.45. The van der Waals surface area contributed by atoms with Crippen molar-refractivity contribution >= 4 is 79.5 Å². The van der Waals surface area contributed by atoms with Crippen LogP contribution in [0.25, 0.3) is 10.9 Å². The van der Waals surface area contributed by atoms with Gasteiger partial charge in [0.15, 0.2) is 5.75 Å². The Labute approximate surface area is 236 Å². The first-order valence-corrected chi connectivity index (χ1v) is 13.1. The molecule has 0 radical (unpaired) electrons. The summed E-state index contributed by atoms with van der Waals surface area (Å²) in [6.07, 6.45) is 1.51. The minimum absolute atomic E-state index is 0.158. The third kappa shape index (κ3) is 5.90. The number of hydrogen-bond donors (Lipinski definition) is 0. The fourth-order valence-corrected chi connectivity index (χ4v) is 4.88. The van der Waals surface area contributed by atoms with Gasteiger partial charge in [-0.25, -0.2) is 4.98 Å². The Morgan fingerprint density at radius 3 is 2.33 bits per heavy atom. The Morgan fingerprint density at radius 1 is 1.00 bits per heavy atom. The number of rotatable bonds is 5. The molecule has 4 rings (SSSR count). The van der Waals surface area contributed by atoms with E-state index in [1.807, 2.05) is 26.8 Å². The molecule has 0 atom stereocenters. The number of aromatic nitrogens is 2. The van der Waals surface area contributed by atoms with Crippen LogP contribution in [0.2, 0.25) is 20.1 Å². The number of hydrogen-bond acceptors (Lipinski definition) is 4. The summed E-state index contributed by atoms with van der Waals surface area (Å²) in [5.41, 5.74) is 1.21. The van der Waals surface area contributed by atoms with Gasteiger partial charge in [0.05, 0.1) is 27.2 Å². The van der Waals surface area contributed by atoms with Crippen LogP contribution in [0.3, 0.4) is 0 Å². The molecule has 0 fully saturated rings. The van der Waals surface area contributed by atoms with E-state index in [0.717, 1.165) is 10.0 Å².